The van der Waals surface area contributed by atoms with Crippen LogP contribution < -0.4 is 23.8 Å². The van der Waals surface area contributed by atoms with Crippen molar-refractivity contribution in [1.29, 1.82) is 0 Å². The first-order chi connectivity index (χ1) is 22.6. The minimum atomic E-state index is -5.31. The van der Waals surface area contributed by atoms with Gasteiger partial charge in [0, 0.05) is 26.8 Å². The smallest absolute Gasteiger partial charge is 0.471 e. The second kappa shape index (κ2) is 11.3. The standard InChI is InChI=1S/C25H28FN4O9P/c1-25(2)24(31)30(13-38-40(32,33)34)23-18(39-25)7-6-15(28-23)11-17-16(26)12-27-21(29-17)10-14-8-19(35-3)22(37-5)20(9-14)36-4/h6-9,12H,10-11,13H2,1-5H3,(H2,32,33,34)/i1D3,2D3,8D,9D,12D. The van der Waals surface area contributed by atoms with Crippen LogP contribution in [0, 0.1) is 5.82 Å². The van der Waals surface area contributed by atoms with Crippen LogP contribution in [-0.4, -0.2) is 64.3 Å². The highest BCUT2D eigenvalue weighted by atomic mass is 31.2. The highest BCUT2D eigenvalue weighted by Gasteiger charge is 2.42. The van der Waals surface area contributed by atoms with E-state index in [1.165, 1.54) is 21.3 Å². The Morgan fingerprint density at radius 2 is 1.82 bits per heavy atom. The highest BCUT2D eigenvalue weighted by molar-refractivity contribution is 7.46. The molecule has 0 unspecified atom stereocenters. The molecule has 2 aromatic heterocycles. The number of hydrogen-bond acceptors (Lipinski definition) is 10. The number of phosphoric ester groups is 1. The molecule has 3 heterocycles. The molecule has 0 atom stereocenters. The maximum Gasteiger partial charge on any atom is 0.471 e. The Morgan fingerprint density at radius 1 is 1.12 bits per heavy atom. The third kappa shape index (κ3) is 6.31. The molecule has 13 nitrogen and oxygen atoms in total. The summed E-state index contributed by atoms with van der Waals surface area (Å²) in [4.78, 5) is 44.4. The fourth-order valence-electron chi connectivity index (χ4n) is 3.61. The summed E-state index contributed by atoms with van der Waals surface area (Å²) in [6.07, 6.45) is -1.76. The van der Waals surface area contributed by atoms with Crippen LogP contribution in [0.4, 0.5) is 10.2 Å². The molecule has 1 aromatic carbocycles. The number of hydrogen-bond donors (Lipinski definition) is 2. The molecule has 0 saturated carbocycles. The second-order valence-corrected chi connectivity index (χ2v) is 9.32. The van der Waals surface area contributed by atoms with Gasteiger partial charge in [0.2, 0.25) is 5.75 Å². The highest BCUT2D eigenvalue weighted by Crippen LogP contribution is 2.41. The summed E-state index contributed by atoms with van der Waals surface area (Å²) in [6.45, 7) is -8.62. The van der Waals surface area contributed by atoms with Crippen molar-refractivity contribution in [3.8, 4) is 23.0 Å². The van der Waals surface area contributed by atoms with Gasteiger partial charge in [0.15, 0.2) is 34.5 Å². The van der Waals surface area contributed by atoms with Crippen LogP contribution >= 0.6 is 7.82 Å². The zero-order chi connectivity index (χ0) is 36.9. The number of carbonyl (C=O) groups is 1. The van der Waals surface area contributed by atoms with Gasteiger partial charge in [-0.1, -0.05) is 0 Å². The lowest BCUT2D eigenvalue weighted by atomic mass is 10.1. The molecular formula is C25H28FN4O9P. The van der Waals surface area contributed by atoms with Gasteiger partial charge in [-0.15, -0.1) is 0 Å². The van der Waals surface area contributed by atoms with E-state index in [1.807, 2.05) is 0 Å². The van der Waals surface area contributed by atoms with Gasteiger partial charge in [0.25, 0.3) is 5.91 Å². The maximum atomic E-state index is 15.2. The Labute approximate surface area is 241 Å². The topological polar surface area (TPSA) is 163 Å². The van der Waals surface area contributed by atoms with Crippen LogP contribution in [0.5, 0.6) is 23.0 Å². The number of pyridine rings is 1. The average Bonchev–Trinajstić information content (AvgIpc) is 2.99. The van der Waals surface area contributed by atoms with Crippen molar-refractivity contribution in [2.75, 3.05) is 33.0 Å². The normalized spacial score (nSPS) is 18.3. The molecule has 0 fully saturated rings. The Morgan fingerprint density at radius 3 is 2.42 bits per heavy atom. The Hall–Kier alpha value is -3.84. The Balaban J connectivity index is 1.79. The van der Waals surface area contributed by atoms with Gasteiger partial charge in [-0.3, -0.25) is 14.2 Å². The van der Waals surface area contributed by atoms with E-state index in [1.54, 1.807) is 0 Å². The number of halogens is 1. The number of nitrogens with zero attached hydrogens (tertiary/aromatic N) is 4. The summed E-state index contributed by atoms with van der Waals surface area (Å²) < 4.78 is 124. The number of anilines is 1. The first-order valence-corrected chi connectivity index (χ1v) is 12.7. The number of methoxy groups -OCH3 is 3. The van der Waals surface area contributed by atoms with Gasteiger partial charge in [0.1, 0.15) is 12.6 Å². The van der Waals surface area contributed by atoms with Crippen molar-refractivity contribution in [2.45, 2.75) is 32.1 Å². The lowest BCUT2D eigenvalue weighted by molar-refractivity contribution is -0.133. The van der Waals surface area contributed by atoms with Crippen LogP contribution in [0.25, 0.3) is 0 Å². The molecule has 15 heteroatoms. The van der Waals surface area contributed by atoms with Crippen LogP contribution in [0.3, 0.4) is 0 Å². The fourth-order valence-corrected chi connectivity index (χ4v) is 3.88. The lowest BCUT2D eigenvalue weighted by Crippen LogP contribution is -2.53. The first-order valence-electron chi connectivity index (χ1n) is 15.6. The predicted octanol–water partition coefficient (Wildman–Crippen LogP) is 2.79. The number of carbonyl (C=O) groups excluding carboxylic acids is 1. The van der Waals surface area contributed by atoms with Gasteiger partial charge < -0.3 is 28.7 Å². The largest absolute Gasteiger partial charge is 0.493 e. The zero-order valence-electron chi connectivity index (χ0n) is 30.1. The van der Waals surface area contributed by atoms with Crippen molar-refractivity contribution in [2.24, 2.45) is 0 Å². The van der Waals surface area contributed by atoms with E-state index in [2.05, 4.69) is 19.5 Å². The number of fused-ring (bicyclic) bond motifs is 1. The zero-order valence-corrected chi connectivity index (χ0v) is 22.0. The molecule has 0 bridgehead atoms. The van der Waals surface area contributed by atoms with Gasteiger partial charge in [-0.2, -0.15) is 0 Å². The van der Waals surface area contributed by atoms with E-state index in [0.29, 0.717) is 0 Å². The average molecular weight is 588 g/mol. The molecule has 40 heavy (non-hydrogen) atoms. The quantitative estimate of drug-likeness (QED) is 0.334. The van der Waals surface area contributed by atoms with Crippen molar-refractivity contribution in [1.82, 2.24) is 15.0 Å². The molecule has 1 amide bonds. The molecule has 214 valence electrons. The number of rotatable bonds is 10. The fraction of sp³-hybridized carbons (Fsp3) is 0.360. The van der Waals surface area contributed by atoms with E-state index in [9.17, 15) is 19.1 Å². The number of aromatic nitrogens is 3. The van der Waals surface area contributed by atoms with Crippen molar-refractivity contribution < 1.29 is 59.3 Å². The molecule has 0 aliphatic carbocycles. The molecule has 0 spiro atoms. The summed E-state index contributed by atoms with van der Waals surface area (Å²) in [6, 6.07) is 1.59. The number of ether oxygens (including phenoxy) is 4. The Kier molecular flexibility index (Phi) is 5.46. The summed E-state index contributed by atoms with van der Waals surface area (Å²) >= 11 is 0. The first kappa shape index (κ1) is 19.3. The molecule has 1 aliphatic rings. The van der Waals surface area contributed by atoms with Gasteiger partial charge in [0.05, 0.1) is 37.3 Å². The predicted molar refractivity (Wildman–Crippen MR) is 138 cm³/mol. The van der Waals surface area contributed by atoms with E-state index in [-0.39, 0.29) is 57.7 Å². The third-order valence-corrected chi connectivity index (χ3v) is 5.81. The van der Waals surface area contributed by atoms with Crippen molar-refractivity contribution in [3.63, 3.8) is 0 Å². The van der Waals surface area contributed by atoms with Crippen LogP contribution in [0.15, 0.2) is 30.4 Å². The minimum absolute atomic E-state index is 0.0122. The summed E-state index contributed by atoms with van der Waals surface area (Å²) in [5.41, 5.74) is -4.08. The van der Waals surface area contributed by atoms with Crippen LogP contribution in [0.2, 0.25) is 0 Å². The molecule has 0 saturated heterocycles. The Bertz CT molecular complexity index is 1800. The molecular weight excluding hydrogens is 550 g/mol. The molecule has 1 aliphatic heterocycles. The molecule has 2 N–H and O–H groups in total. The summed E-state index contributed by atoms with van der Waals surface area (Å²) in [7, 11) is -1.48. The molecule has 0 radical (unpaired) electrons. The van der Waals surface area contributed by atoms with E-state index >= 15 is 4.39 Å². The molecule has 3 aromatic rings. The van der Waals surface area contributed by atoms with Crippen LogP contribution in [0.1, 0.15) is 48.8 Å². The van der Waals surface area contributed by atoms with Gasteiger partial charge >= 0.3 is 7.82 Å². The van der Waals surface area contributed by atoms with Gasteiger partial charge in [-0.25, -0.2) is 23.9 Å². The monoisotopic (exact) mass is 587 g/mol. The number of phosphoric acid groups is 1. The number of benzene rings is 1. The van der Waals surface area contributed by atoms with Crippen LogP contribution in [-0.2, 0) is 26.7 Å². The van der Waals surface area contributed by atoms with E-state index < -0.39 is 75.4 Å². The van der Waals surface area contributed by atoms with Crippen molar-refractivity contribution >= 4 is 19.5 Å². The number of amides is 1. The second-order valence-electron chi connectivity index (χ2n) is 8.08. The van der Waals surface area contributed by atoms with E-state index in [4.69, 9.17) is 31.3 Å². The third-order valence-electron chi connectivity index (χ3n) is 5.35. The lowest BCUT2D eigenvalue weighted by Gasteiger charge is -2.37. The van der Waals surface area contributed by atoms with Crippen molar-refractivity contribution in [3.05, 3.63) is 59.0 Å². The van der Waals surface area contributed by atoms with E-state index in [0.717, 1.165) is 12.1 Å². The van der Waals surface area contributed by atoms with Gasteiger partial charge in [-0.05, 0) is 43.5 Å². The minimum Gasteiger partial charge on any atom is -0.493 e. The molecule has 4 rings (SSSR count). The summed E-state index contributed by atoms with van der Waals surface area (Å²) in [5, 5.41) is 0. The maximum absolute atomic E-state index is 15.2. The summed E-state index contributed by atoms with van der Waals surface area (Å²) in [5.74, 6) is -4.52. The SMILES string of the molecule is [2H]c1nc(Cc2c([2H])c(OC)c(OC)c(OC)c2[2H])nc(Cc2ccc3c(n2)N(COP(=O)(O)O)C(=O)C(C([2H])([2H])[2H])(C([2H])([2H])[2H])O3)c1F.